The molecule has 0 unspecified atom stereocenters. The minimum atomic E-state index is -0.153. The predicted octanol–water partition coefficient (Wildman–Crippen LogP) is 2.93. The number of aromatic nitrogens is 2. The van der Waals surface area contributed by atoms with Crippen molar-refractivity contribution >= 4 is 22.6 Å². The second-order valence-corrected chi connectivity index (χ2v) is 5.42. The Morgan fingerprint density at radius 1 is 1.30 bits per heavy atom. The van der Waals surface area contributed by atoms with Gasteiger partial charge in [-0.1, -0.05) is 18.2 Å². The van der Waals surface area contributed by atoms with Gasteiger partial charge >= 0.3 is 0 Å². The predicted molar refractivity (Wildman–Crippen MR) is 88.9 cm³/mol. The van der Waals surface area contributed by atoms with E-state index in [0.29, 0.717) is 11.3 Å². The largest absolute Gasteiger partial charge is 0.331 e. The monoisotopic (exact) mass is 304 g/mol. The van der Waals surface area contributed by atoms with Crippen LogP contribution in [0, 0.1) is 18.3 Å². The van der Waals surface area contributed by atoms with E-state index in [1.54, 1.807) is 24.3 Å². The number of hydrogen-bond donors (Lipinski definition) is 1. The van der Waals surface area contributed by atoms with Gasteiger partial charge in [0, 0.05) is 7.05 Å². The summed E-state index contributed by atoms with van der Waals surface area (Å²) in [6.07, 6.45) is 0.241. The van der Waals surface area contributed by atoms with Gasteiger partial charge in [0.2, 0.25) is 5.91 Å². The first-order valence-electron chi connectivity index (χ1n) is 7.29. The summed E-state index contributed by atoms with van der Waals surface area (Å²) in [4.78, 5) is 16.7. The van der Waals surface area contributed by atoms with E-state index in [1.807, 2.05) is 36.7 Å². The fourth-order valence-corrected chi connectivity index (χ4v) is 2.55. The summed E-state index contributed by atoms with van der Waals surface area (Å²) in [5.41, 5.74) is 3.81. The number of para-hydroxylation sites is 1. The number of hydrogen-bond acceptors (Lipinski definition) is 3. The van der Waals surface area contributed by atoms with Gasteiger partial charge in [-0.05, 0) is 36.8 Å². The fraction of sp³-hybridized carbons (Fsp3) is 0.167. The summed E-state index contributed by atoms with van der Waals surface area (Å²) in [6, 6.07) is 14.9. The molecular weight excluding hydrogens is 288 g/mol. The first-order chi connectivity index (χ1) is 11.1. The minimum Gasteiger partial charge on any atom is -0.331 e. The number of anilines is 1. The molecule has 1 amide bonds. The lowest BCUT2D eigenvalue weighted by atomic mass is 10.1. The molecule has 0 saturated heterocycles. The highest BCUT2D eigenvalue weighted by Crippen LogP contribution is 2.18. The zero-order chi connectivity index (χ0) is 16.4. The van der Waals surface area contributed by atoms with Crippen LogP contribution in [0.1, 0.15) is 17.0 Å². The van der Waals surface area contributed by atoms with Gasteiger partial charge in [0.1, 0.15) is 11.9 Å². The first kappa shape index (κ1) is 14.8. The van der Waals surface area contributed by atoms with Crippen molar-refractivity contribution in [2.24, 2.45) is 7.05 Å². The molecule has 3 aromatic rings. The van der Waals surface area contributed by atoms with E-state index in [9.17, 15) is 4.79 Å². The Hall–Kier alpha value is -3.13. The van der Waals surface area contributed by atoms with E-state index >= 15 is 0 Å². The number of fused-ring (bicyclic) bond motifs is 1. The molecule has 2 aromatic carbocycles. The summed E-state index contributed by atoms with van der Waals surface area (Å²) in [7, 11) is 1.97. The number of benzene rings is 2. The Labute approximate surface area is 134 Å². The Morgan fingerprint density at radius 3 is 2.87 bits per heavy atom. The van der Waals surface area contributed by atoms with Crippen molar-refractivity contribution in [3.05, 3.63) is 59.4 Å². The molecule has 0 atom stereocenters. The molecule has 0 radical (unpaired) electrons. The zero-order valence-corrected chi connectivity index (χ0v) is 13.0. The number of carbonyl (C=O) groups excluding carboxylic acids is 1. The first-order valence-corrected chi connectivity index (χ1v) is 7.29. The second-order valence-electron chi connectivity index (χ2n) is 5.42. The average Bonchev–Trinajstić information content (AvgIpc) is 2.82. The summed E-state index contributed by atoms with van der Waals surface area (Å²) in [5, 5.41) is 11.8. The normalized spacial score (nSPS) is 10.5. The van der Waals surface area contributed by atoms with Crippen LogP contribution in [0.25, 0.3) is 11.0 Å². The number of rotatable bonds is 3. The maximum Gasteiger partial charge on any atom is 0.228 e. The van der Waals surface area contributed by atoms with Crippen molar-refractivity contribution in [3.63, 3.8) is 0 Å². The minimum absolute atomic E-state index is 0.153. The molecule has 5 nitrogen and oxygen atoms in total. The molecule has 0 aliphatic rings. The number of aryl methyl sites for hydroxylation is 2. The summed E-state index contributed by atoms with van der Waals surface area (Å²) < 4.78 is 2.02. The van der Waals surface area contributed by atoms with Gasteiger partial charge in [0.25, 0.3) is 0 Å². The average molecular weight is 304 g/mol. The van der Waals surface area contributed by atoms with Crippen molar-refractivity contribution in [1.29, 1.82) is 5.26 Å². The van der Waals surface area contributed by atoms with Crippen molar-refractivity contribution in [2.45, 2.75) is 13.3 Å². The molecule has 0 aliphatic heterocycles. The van der Waals surface area contributed by atoms with Crippen LogP contribution in [-0.2, 0) is 18.3 Å². The molecule has 0 saturated carbocycles. The van der Waals surface area contributed by atoms with Crippen LogP contribution in [0.5, 0.6) is 0 Å². The molecule has 0 fully saturated rings. The summed E-state index contributed by atoms with van der Waals surface area (Å²) in [6.45, 7) is 1.95. The standard InChI is InChI=1S/C18H16N4O/c1-12-20-16-9-13(7-8-17(16)22(12)2)10-18(23)21-15-6-4-3-5-14(15)11-19/h3-9H,10H2,1-2H3,(H,21,23). The Bertz CT molecular complexity index is 934. The van der Waals surface area contributed by atoms with Crippen LogP contribution in [0.3, 0.4) is 0 Å². The van der Waals surface area contributed by atoms with Crippen LogP contribution < -0.4 is 5.32 Å². The van der Waals surface area contributed by atoms with Crippen LogP contribution in [0.15, 0.2) is 42.5 Å². The van der Waals surface area contributed by atoms with Crippen molar-refractivity contribution < 1.29 is 4.79 Å². The maximum absolute atomic E-state index is 12.2. The lowest BCUT2D eigenvalue weighted by Gasteiger charge is -2.07. The Kier molecular flexibility index (Phi) is 3.82. The molecule has 1 N–H and O–H groups in total. The molecule has 3 rings (SSSR count). The van der Waals surface area contributed by atoms with E-state index in [2.05, 4.69) is 16.4 Å². The number of carbonyl (C=O) groups is 1. The van der Waals surface area contributed by atoms with Gasteiger partial charge in [0.15, 0.2) is 0 Å². The number of nitriles is 1. The third kappa shape index (κ3) is 2.92. The number of imidazole rings is 1. The zero-order valence-electron chi connectivity index (χ0n) is 13.0. The number of nitrogens with zero attached hydrogens (tertiary/aromatic N) is 3. The topological polar surface area (TPSA) is 70.7 Å². The maximum atomic E-state index is 12.2. The summed E-state index contributed by atoms with van der Waals surface area (Å²) in [5.74, 6) is 0.782. The highest BCUT2D eigenvalue weighted by Gasteiger charge is 2.10. The molecule has 1 heterocycles. The van der Waals surface area contributed by atoms with Gasteiger partial charge in [-0.15, -0.1) is 0 Å². The van der Waals surface area contributed by atoms with Crippen molar-refractivity contribution in [3.8, 4) is 6.07 Å². The molecule has 1 aromatic heterocycles. The Morgan fingerprint density at radius 2 is 2.09 bits per heavy atom. The van der Waals surface area contributed by atoms with E-state index in [1.165, 1.54) is 0 Å². The van der Waals surface area contributed by atoms with Gasteiger partial charge in [-0.25, -0.2) is 4.98 Å². The highest BCUT2D eigenvalue weighted by atomic mass is 16.1. The number of nitrogens with one attached hydrogen (secondary N) is 1. The Balaban J connectivity index is 1.79. The molecule has 5 heteroatoms. The molecule has 0 bridgehead atoms. The summed E-state index contributed by atoms with van der Waals surface area (Å²) >= 11 is 0. The van der Waals surface area contributed by atoms with Gasteiger partial charge in [-0.2, -0.15) is 5.26 Å². The van der Waals surface area contributed by atoms with E-state index < -0.39 is 0 Å². The van der Waals surface area contributed by atoms with Crippen LogP contribution >= 0.6 is 0 Å². The smallest absolute Gasteiger partial charge is 0.228 e. The highest BCUT2D eigenvalue weighted by molar-refractivity contribution is 5.94. The SMILES string of the molecule is Cc1nc2cc(CC(=O)Nc3ccccc3C#N)ccc2n1C. The van der Waals surface area contributed by atoms with Crippen LogP contribution in [0.2, 0.25) is 0 Å². The van der Waals surface area contributed by atoms with Gasteiger partial charge in [0.05, 0.1) is 28.7 Å². The van der Waals surface area contributed by atoms with E-state index in [4.69, 9.17) is 5.26 Å². The molecule has 114 valence electrons. The number of amides is 1. The molecule has 0 aliphatic carbocycles. The third-order valence-corrected chi connectivity index (χ3v) is 3.86. The van der Waals surface area contributed by atoms with Gasteiger partial charge < -0.3 is 9.88 Å². The van der Waals surface area contributed by atoms with E-state index in [-0.39, 0.29) is 12.3 Å². The quantitative estimate of drug-likeness (QED) is 0.808. The lowest BCUT2D eigenvalue weighted by Crippen LogP contribution is -2.15. The van der Waals surface area contributed by atoms with Crippen LogP contribution in [0.4, 0.5) is 5.69 Å². The van der Waals surface area contributed by atoms with Crippen molar-refractivity contribution in [2.75, 3.05) is 5.32 Å². The third-order valence-electron chi connectivity index (χ3n) is 3.86. The second kappa shape index (κ2) is 5.93. The molecule has 23 heavy (non-hydrogen) atoms. The molecule has 0 spiro atoms. The van der Waals surface area contributed by atoms with Crippen molar-refractivity contribution in [1.82, 2.24) is 9.55 Å². The lowest BCUT2D eigenvalue weighted by molar-refractivity contribution is -0.115. The molecular formula is C18H16N4O. The van der Waals surface area contributed by atoms with E-state index in [0.717, 1.165) is 22.4 Å². The van der Waals surface area contributed by atoms with Gasteiger partial charge in [-0.3, -0.25) is 4.79 Å². The fourth-order valence-electron chi connectivity index (χ4n) is 2.55. The van der Waals surface area contributed by atoms with Crippen LogP contribution in [-0.4, -0.2) is 15.5 Å².